The number of dihydropyridines is 1. The Morgan fingerprint density at radius 2 is 1.78 bits per heavy atom. The number of nitrogens with one attached hydrogen (secondary N) is 1. The van der Waals surface area contributed by atoms with E-state index >= 15 is 0 Å². The number of carbonyl (C=O) groups excluding carboxylic acids is 2. The zero-order valence-electron chi connectivity index (χ0n) is 22.0. The van der Waals surface area contributed by atoms with Gasteiger partial charge in [-0.1, -0.05) is 36.7 Å². The van der Waals surface area contributed by atoms with E-state index in [0.29, 0.717) is 52.8 Å². The van der Waals surface area contributed by atoms with Crippen LogP contribution in [0.1, 0.15) is 69.9 Å². The Labute approximate surface area is 223 Å². The molecule has 2 atom stereocenters. The summed E-state index contributed by atoms with van der Waals surface area (Å²) in [6, 6.07) is 13.3. The second-order valence-electron chi connectivity index (χ2n) is 9.78. The van der Waals surface area contributed by atoms with Crippen molar-refractivity contribution in [3.8, 4) is 11.5 Å². The van der Waals surface area contributed by atoms with Gasteiger partial charge in [-0.25, -0.2) is 4.79 Å². The summed E-state index contributed by atoms with van der Waals surface area (Å²) in [7, 11) is 1.59. The Morgan fingerprint density at radius 1 is 1.08 bits per heavy atom. The SMILES string of the molecule is CCCOc1ccc([C@@H]2C(C(=O)OC(C)C)=C(C)NC3=C2C(=O)C[C@H](c2ccc(Cl)cc2)C3)cc1OC. The van der Waals surface area contributed by atoms with Gasteiger partial charge in [0.25, 0.3) is 0 Å². The van der Waals surface area contributed by atoms with Crippen LogP contribution in [0, 0.1) is 0 Å². The number of esters is 1. The van der Waals surface area contributed by atoms with Gasteiger partial charge in [-0.15, -0.1) is 0 Å². The molecule has 0 aromatic heterocycles. The summed E-state index contributed by atoms with van der Waals surface area (Å²) in [6.07, 6.45) is 1.57. The first-order chi connectivity index (χ1) is 17.7. The van der Waals surface area contributed by atoms with Gasteiger partial charge in [-0.05, 0) is 74.9 Å². The molecule has 2 aliphatic rings. The molecule has 0 fully saturated rings. The third-order valence-electron chi connectivity index (χ3n) is 6.71. The highest BCUT2D eigenvalue weighted by Crippen LogP contribution is 2.47. The minimum Gasteiger partial charge on any atom is -0.493 e. The van der Waals surface area contributed by atoms with Gasteiger partial charge in [0.2, 0.25) is 0 Å². The highest BCUT2D eigenvalue weighted by atomic mass is 35.5. The van der Waals surface area contributed by atoms with Crippen LogP contribution in [-0.2, 0) is 14.3 Å². The van der Waals surface area contributed by atoms with Crippen molar-refractivity contribution in [2.24, 2.45) is 0 Å². The molecule has 1 aliphatic heterocycles. The second-order valence-corrected chi connectivity index (χ2v) is 10.2. The van der Waals surface area contributed by atoms with Gasteiger partial charge >= 0.3 is 5.97 Å². The first kappa shape index (κ1) is 26.8. The normalized spacial score (nSPS) is 19.5. The summed E-state index contributed by atoms with van der Waals surface area (Å²) in [6.45, 7) is 8.09. The van der Waals surface area contributed by atoms with E-state index in [1.807, 2.05) is 70.2 Å². The first-order valence-corrected chi connectivity index (χ1v) is 13.1. The van der Waals surface area contributed by atoms with E-state index in [1.54, 1.807) is 7.11 Å². The highest BCUT2D eigenvalue weighted by molar-refractivity contribution is 6.30. The molecule has 196 valence electrons. The maximum Gasteiger partial charge on any atom is 0.337 e. The third-order valence-corrected chi connectivity index (χ3v) is 6.97. The van der Waals surface area contributed by atoms with E-state index < -0.39 is 11.9 Å². The minimum absolute atomic E-state index is 0.00585. The molecule has 2 aromatic carbocycles. The predicted octanol–water partition coefficient (Wildman–Crippen LogP) is 6.45. The molecule has 0 spiro atoms. The predicted molar refractivity (Wildman–Crippen MR) is 144 cm³/mol. The Balaban J connectivity index is 1.80. The van der Waals surface area contributed by atoms with Crippen LogP contribution in [-0.4, -0.2) is 31.6 Å². The number of ether oxygens (including phenoxy) is 3. The van der Waals surface area contributed by atoms with Crippen LogP contribution >= 0.6 is 11.6 Å². The summed E-state index contributed by atoms with van der Waals surface area (Å²) in [5.74, 6) is 0.202. The lowest BCUT2D eigenvalue weighted by molar-refractivity contribution is -0.143. The molecule has 7 heteroatoms. The smallest absolute Gasteiger partial charge is 0.337 e. The Kier molecular flexibility index (Phi) is 8.28. The average Bonchev–Trinajstić information content (AvgIpc) is 2.86. The molecule has 0 bridgehead atoms. The van der Waals surface area contributed by atoms with Gasteiger partial charge in [0.05, 0.1) is 25.4 Å². The number of methoxy groups -OCH3 is 1. The van der Waals surface area contributed by atoms with Crippen molar-refractivity contribution in [2.75, 3.05) is 13.7 Å². The number of allylic oxidation sites excluding steroid dienone is 3. The van der Waals surface area contributed by atoms with E-state index in [4.69, 9.17) is 25.8 Å². The lowest BCUT2D eigenvalue weighted by Gasteiger charge is -2.37. The van der Waals surface area contributed by atoms with Crippen LogP contribution in [0.3, 0.4) is 0 Å². The molecule has 1 heterocycles. The van der Waals surface area contributed by atoms with Crippen LogP contribution in [0.15, 0.2) is 65.0 Å². The van der Waals surface area contributed by atoms with Crippen LogP contribution < -0.4 is 14.8 Å². The minimum atomic E-state index is -0.574. The van der Waals surface area contributed by atoms with Gasteiger partial charge in [0.15, 0.2) is 17.3 Å². The Hall–Kier alpha value is -3.25. The average molecular weight is 524 g/mol. The molecular weight excluding hydrogens is 490 g/mol. The van der Waals surface area contributed by atoms with Crippen LogP contribution in [0.4, 0.5) is 0 Å². The van der Waals surface area contributed by atoms with E-state index in [-0.39, 0.29) is 17.8 Å². The number of rotatable bonds is 8. The number of ketones is 1. The maximum absolute atomic E-state index is 13.8. The lowest BCUT2D eigenvalue weighted by atomic mass is 9.71. The van der Waals surface area contributed by atoms with Crippen molar-refractivity contribution < 1.29 is 23.8 Å². The first-order valence-electron chi connectivity index (χ1n) is 12.7. The molecule has 0 radical (unpaired) electrons. The summed E-state index contributed by atoms with van der Waals surface area (Å²) < 4.78 is 17.1. The van der Waals surface area contributed by atoms with Crippen LogP contribution in [0.25, 0.3) is 0 Å². The molecule has 2 aromatic rings. The fourth-order valence-electron chi connectivity index (χ4n) is 5.09. The van der Waals surface area contributed by atoms with Gasteiger partial charge in [0.1, 0.15) is 0 Å². The standard InChI is InChI=1S/C30H34ClNO5/c1-6-13-36-25-12-9-20(16-26(25)35-5)28-27(30(34)37-17(2)3)18(4)32-23-14-21(15-24(33)29(23)28)19-7-10-22(31)11-8-19/h7-12,16-17,21,28,32H,6,13-15H2,1-5H3/t21-,28-/m1/s1. The maximum atomic E-state index is 13.8. The summed E-state index contributed by atoms with van der Waals surface area (Å²) >= 11 is 6.08. The molecular formula is C30H34ClNO5. The van der Waals surface area contributed by atoms with E-state index in [1.165, 1.54) is 0 Å². The fourth-order valence-corrected chi connectivity index (χ4v) is 5.21. The van der Waals surface area contributed by atoms with Gasteiger partial charge < -0.3 is 19.5 Å². The molecule has 1 N–H and O–H groups in total. The Morgan fingerprint density at radius 3 is 2.43 bits per heavy atom. The zero-order valence-corrected chi connectivity index (χ0v) is 22.8. The second kappa shape index (κ2) is 11.4. The zero-order chi connectivity index (χ0) is 26.7. The van der Waals surface area contributed by atoms with E-state index in [9.17, 15) is 9.59 Å². The van der Waals surface area contributed by atoms with Gasteiger partial charge in [0, 0.05) is 34.3 Å². The molecule has 0 amide bonds. The monoisotopic (exact) mass is 523 g/mol. The van der Waals surface area contributed by atoms with Gasteiger partial charge in [-0.2, -0.15) is 0 Å². The topological polar surface area (TPSA) is 73.9 Å². The van der Waals surface area contributed by atoms with Crippen molar-refractivity contribution in [2.45, 2.75) is 64.9 Å². The quantitative estimate of drug-likeness (QED) is 0.401. The molecule has 4 rings (SSSR count). The summed E-state index contributed by atoms with van der Waals surface area (Å²) in [5, 5.41) is 4.05. The number of benzene rings is 2. The fraction of sp³-hybridized carbons (Fsp3) is 0.400. The number of carbonyl (C=O) groups is 2. The molecule has 0 saturated heterocycles. The van der Waals surface area contributed by atoms with Crippen molar-refractivity contribution in [1.29, 1.82) is 0 Å². The number of hydrogen-bond acceptors (Lipinski definition) is 6. The molecule has 0 unspecified atom stereocenters. The third kappa shape index (κ3) is 5.69. The van der Waals surface area contributed by atoms with Crippen molar-refractivity contribution in [1.82, 2.24) is 5.32 Å². The molecule has 6 nitrogen and oxygen atoms in total. The summed E-state index contributed by atoms with van der Waals surface area (Å²) in [4.78, 5) is 27.1. The molecule has 37 heavy (non-hydrogen) atoms. The van der Waals surface area contributed by atoms with E-state index in [0.717, 1.165) is 23.2 Å². The number of halogens is 1. The molecule has 0 saturated carbocycles. The highest BCUT2D eigenvalue weighted by Gasteiger charge is 2.41. The van der Waals surface area contributed by atoms with Crippen molar-refractivity contribution in [3.63, 3.8) is 0 Å². The lowest BCUT2D eigenvalue weighted by Crippen LogP contribution is -2.36. The van der Waals surface area contributed by atoms with E-state index in [2.05, 4.69) is 5.32 Å². The van der Waals surface area contributed by atoms with Crippen molar-refractivity contribution in [3.05, 3.63) is 81.2 Å². The Bertz CT molecular complexity index is 1250. The number of Topliss-reactive ketones (excluding diaryl/α,β-unsaturated/α-hetero) is 1. The molecule has 1 aliphatic carbocycles. The van der Waals surface area contributed by atoms with Crippen molar-refractivity contribution >= 4 is 23.4 Å². The van der Waals surface area contributed by atoms with Crippen LogP contribution in [0.2, 0.25) is 5.02 Å². The van der Waals surface area contributed by atoms with Crippen LogP contribution in [0.5, 0.6) is 11.5 Å². The largest absolute Gasteiger partial charge is 0.493 e. The number of hydrogen-bond donors (Lipinski definition) is 1. The van der Waals surface area contributed by atoms with Gasteiger partial charge in [-0.3, -0.25) is 4.79 Å². The summed E-state index contributed by atoms with van der Waals surface area (Å²) in [5.41, 5.74) is 4.41.